The Hall–Kier alpha value is -2.42. The van der Waals surface area contributed by atoms with Gasteiger partial charge in [-0.25, -0.2) is 5.43 Å². The number of benzene rings is 1. The molecule has 1 aromatic carbocycles. The third-order valence-electron chi connectivity index (χ3n) is 5.64. The van der Waals surface area contributed by atoms with E-state index < -0.39 is 0 Å². The molecule has 4 rings (SSSR count). The van der Waals surface area contributed by atoms with Gasteiger partial charge in [-0.1, -0.05) is 0 Å². The van der Waals surface area contributed by atoms with Crippen LogP contribution in [0.5, 0.6) is 11.5 Å². The lowest BCUT2D eigenvalue weighted by Crippen LogP contribution is -2.38. The van der Waals surface area contributed by atoms with Crippen molar-refractivity contribution in [3.8, 4) is 11.5 Å². The van der Waals surface area contributed by atoms with Gasteiger partial charge in [0.15, 0.2) is 11.5 Å². The van der Waals surface area contributed by atoms with E-state index in [1.165, 1.54) is 16.9 Å². The number of carbonyl (C=O) groups is 1. The lowest BCUT2D eigenvalue weighted by atomic mass is 9.96. The predicted octanol–water partition coefficient (Wildman–Crippen LogP) is 3.11. The molecule has 1 saturated heterocycles. The van der Waals surface area contributed by atoms with Crippen LogP contribution in [0.1, 0.15) is 39.2 Å². The molecule has 0 saturated carbocycles. The molecule has 0 unspecified atom stereocenters. The van der Waals surface area contributed by atoms with Gasteiger partial charge in [0.1, 0.15) is 6.61 Å². The van der Waals surface area contributed by atoms with Crippen molar-refractivity contribution in [2.75, 3.05) is 46.6 Å². The maximum Gasteiger partial charge on any atom is 0.272 e. The van der Waals surface area contributed by atoms with Gasteiger partial charge in [0.2, 0.25) is 0 Å². The molecule has 1 aromatic heterocycles. The van der Waals surface area contributed by atoms with Crippen LogP contribution in [0.25, 0.3) is 0 Å². The molecule has 1 fully saturated rings. The first-order valence-electron chi connectivity index (χ1n) is 10.8. The summed E-state index contributed by atoms with van der Waals surface area (Å²) in [7, 11) is 1.62. The number of carbonyl (C=O) groups excluding carboxylic acids is 1. The summed E-state index contributed by atoms with van der Waals surface area (Å²) >= 11 is 1.68. The minimum absolute atomic E-state index is 0.148. The highest BCUT2D eigenvalue weighted by atomic mass is 32.1. The highest BCUT2D eigenvalue weighted by Gasteiger charge is 2.19. The molecule has 1 aliphatic carbocycles. The highest BCUT2D eigenvalue weighted by Crippen LogP contribution is 2.30. The van der Waals surface area contributed by atoms with Gasteiger partial charge in [-0.05, 0) is 55.0 Å². The summed E-state index contributed by atoms with van der Waals surface area (Å²) in [6.07, 6.45) is 6.04. The van der Waals surface area contributed by atoms with Crippen LogP contribution in [-0.4, -0.2) is 63.6 Å². The molecule has 2 aromatic rings. The Morgan fingerprint density at radius 2 is 2.10 bits per heavy atom. The summed E-state index contributed by atoms with van der Waals surface area (Å²) in [5.74, 6) is 1.19. The number of nitrogens with zero attached hydrogens (tertiary/aromatic N) is 2. The second kappa shape index (κ2) is 10.7. The summed E-state index contributed by atoms with van der Waals surface area (Å²) in [6, 6.07) is 5.62. The number of ether oxygens (including phenoxy) is 3. The van der Waals surface area contributed by atoms with Crippen LogP contribution in [0, 0.1) is 0 Å². The molecule has 0 atom stereocenters. The van der Waals surface area contributed by atoms with Gasteiger partial charge in [-0.15, -0.1) is 11.3 Å². The standard InChI is InChI=1S/C23H29N3O4S/c1-28-21-14-17(6-7-20(21)30-13-10-26-8-11-29-12-9-26)15-24-25-23(27)19-16-31-22-5-3-2-4-18(19)22/h6-7,14-16H,2-5,8-13H2,1H3,(H,25,27)/b24-15-. The predicted molar refractivity (Wildman–Crippen MR) is 122 cm³/mol. The number of amides is 1. The number of aryl methyl sites for hydroxylation is 1. The molecule has 2 aliphatic rings. The van der Waals surface area contributed by atoms with Crippen LogP contribution in [0.3, 0.4) is 0 Å². The second-order valence-corrected chi connectivity index (χ2v) is 8.63. The number of thiophene rings is 1. The molecule has 1 aliphatic heterocycles. The Labute approximate surface area is 187 Å². The van der Waals surface area contributed by atoms with Gasteiger partial charge in [0.05, 0.1) is 32.1 Å². The molecule has 0 spiro atoms. The highest BCUT2D eigenvalue weighted by molar-refractivity contribution is 7.10. The van der Waals surface area contributed by atoms with E-state index >= 15 is 0 Å². The fourth-order valence-corrected chi connectivity index (χ4v) is 5.03. The zero-order valence-corrected chi connectivity index (χ0v) is 18.7. The molecular weight excluding hydrogens is 414 g/mol. The topological polar surface area (TPSA) is 72.4 Å². The number of morpholine rings is 1. The van der Waals surface area contributed by atoms with Crippen LogP contribution < -0.4 is 14.9 Å². The van der Waals surface area contributed by atoms with Gasteiger partial charge in [0.25, 0.3) is 5.91 Å². The van der Waals surface area contributed by atoms with E-state index in [1.807, 2.05) is 23.6 Å². The van der Waals surface area contributed by atoms with E-state index in [0.717, 1.165) is 63.2 Å². The van der Waals surface area contributed by atoms with E-state index in [9.17, 15) is 4.79 Å². The van der Waals surface area contributed by atoms with Gasteiger partial charge >= 0.3 is 0 Å². The van der Waals surface area contributed by atoms with Gasteiger partial charge in [-0.3, -0.25) is 9.69 Å². The second-order valence-electron chi connectivity index (χ2n) is 7.67. The summed E-state index contributed by atoms with van der Waals surface area (Å²) in [5.41, 5.74) is 5.44. The van der Waals surface area contributed by atoms with E-state index in [0.29, 0.717) is 18.1 Å². The minimum atomic E-state index is -0.148. The Bertz CT molecular complexity index is 922. The van der Waals surface area contributed by atoms with Crippen LogP contribution in [0.4, 0.5) is 0 Å². The molecule has 0 radical (unpaired) electrons. The first kappa shape index (κ1) is 21.8. The Balaban J connectivity index is 1.31. The third kappa shape index (κ3) is 5.64. The van der Waals surface area contributed by atoms with Gasteiger partial charge in [-0.2, -0.15) is 5.10 Å². The van der Waals surface area contributed by atoms with Crippen LogP contribution >= 0.6 is 11.3 Å². The number of fused-ring (bicyclic) bond motifs is 1. The zero-order chi connectivity index (χ0) is 21.5. The van der Waals surface area contributed by atoms with Crippen molar-refractivity contribution in [2.24, 2.45) is 5.10 Å². The molecule has 2 heterocycles. The Morgan fingerprint density at radius 3 is 2.94 bits per heavy atom. The molecule has 8 heteroatoms. The summed E-state index contributed by atoms with van der Waals surface area (Å²) in [6.45, 7) is 4.88. The quantitative estimate of drug-likeness (QED) is 0.501. The minimum Gasteiger partial charge on any atom is -0.493 e. The van der Waals surface area contributed by atoms with Crippen molar-refractivity contribution < 1.29 is 19.0 Å². The number of nitrogens with one attached hydrogen (secondary N) is 1. The lowest BCUT2D eigenvalue weighted by molar-refractivity contribution is 0.0321. The van der Waals surface area contributed by atoms with Gasteiger partial charge < -0.3 is 14.2 Å². The van der Waals surface area contributed by atoms with Crippen LogP contribution in [-0.2, 0) is 17.6 Å². The maximum absolute atomic E-state index is 12.5. The maximum atomic E-state index is 12.5. The van der Waals surface area contributed by atoms with Crippen molar-refractivity contribution >= 4 is 23.5 Å². The largest absolute Gasteiger partial charge is 0.493 e. The first-order valence-corrected chi connectivity index (χ1v) is 11.7. The fourth-order valence-electron chi connectivity index (χ4n) is 3.90. The molecule has 7 nitrogen and oxygen atoms in total. The van der Waals surface area contributed by atoms with Crippen LogP contribution in [0.2, 0.25) is 0 Å². The number of methoxy groups -OCH3 is 1. The van der Waals surface area contributed by atoms with Crippen molar-refractivity contribution in [1.29, 1.82) is 0 Å². The normalized spacial score (nSPS) is 16.8. The fraction of sp³-hybridized carbons (Fsp3) is 0.478. The van der Waals surface area contributed by atoms with Crippen molar-refractivity contribution in [2.45, 2.75) is 25.7 Å². The Morgan fingerprint density at radius 1 is 1.26 bits per heavy atom. The number of hydrogen-bond donors (Lipinski definition) is 1. The van der Waals surface area contributed by atoms with Crippen molar-refractivity contribution in [3.63, 3.8) is 0 Å². The molecule has 1 N–H and O–H groups in total. The zero-order valence-electron chi connectivity index (χ0n) is 17.9. The van der Waals surface area contributed by atoms with E-state index in [2.05, 4.69) is 15.4 Å². The van der Waals surface area contributed by atoms with E-state index in [4.69, 9.17) is 14.2 Å². The Kier molecular flexibility index (Phi) is 7.56. The van der Waals surface area contributed by atoms with Crippen LogP contribution in [0.15, 0.2) is 28.7 Å². The lowest BCUT2D eigenvalue weighted by Gasteiger charge is -2.26. The SMILES string of the molecule is COc1cc(/C=N\NC(=O)c2csc3c2CCCC3)ccc1OCCN1CCOCC1. The summed E-state index contributed by atoms with van der Waals surface area (Å²) < 4.78 is 16.7. The summed E-state index contributed by atoms with van der Waals surface area (Å²) in [5, 5.41) is 6.09. The number of hydrogen-bond acceptors (Lipinski definition) is 7. The smallest absolute Gasteiger partial charge is 0.272 e. The average molecular weight is 444 g/mol. The monoisotopic (exact) mass is 443 g/mol. The van der Waals surface area contributed by atoms with E-state index in [-0.39, 0.29) is 5.91 Å². The van der Waals surface area contributed by atoms with Crippen molar-refractivity contribution in [3.05, 3.63) is 45.1 Å². The average Bonchev–Trinajstić information content (AvgIpc) is 3.25. The summed E-state index contributed by atoms with van der Waals surface area (Å²) in [4.78, 5) is 16.2. The molecule has 166 valence electrons. The number of hydrazone groups is 1. The third-order valence-corrected chi connectivity index (χ3v) is 6.73. The molecule has 0 bridgehead atoms. The molecule has 31 heavy (non-hydrogen) atoms. The van der Waals surface area contributed by atoms with Gasteiger partial charge in [0, 0.05) is 29.9 Å². The van der Waals surface area contributed by atoms with Crippen molar-refractivity contribution in [1.82, 2.24) is 10.3 Å². The van der Waals surface area contributed by atoms with E-state index in [1.54, 1.807) is 24.7 Å². The number of rotatable bonds is 8. The molecule has 1 amide bonds. The molecular formula is C23H29N3O4S. The first-order chi connectivity index (χ1) is 15.2.